The monoisotopic (exact) mass is 331 g/mol. The summed E-state index contributed by atoms with van der Waals surface area (Å²) in [7, 11) is -3.42. The molecule has 2 heterocycles. The highest BCUT2D eigenvalue weighted by molar-refractivity contribution is 7.89. The van der Waals surface area contributed by atoms with Gasteiger partial charge in [0.25, 0.3) is 0 Å². The van der Waals surface area contributed by atoms with Gasteiger partial charge in [0, 0.05) is 19.6 Å². The minimum Gasteiger partial charge on any atom is -0.338 e. The van der Waals surface area contributed by atoms with Gasteiger partial charge in [0.2, 0.25) is 10.0 Å². The van der Waals surface area contributed by atoms with Crippen LogP contribution in [-0.4, -0.2) is 44.7 Å². The van der Waals surface area contributed by atoms with Gasteiger partial charge in [-0.05, 0) is 47.6 Å². The van der Waals surface area contributed by atoms with E-state index in [0.717, 1.165) is 6.42 Å². The second kappa shape index (κ2) is 7.24. The maximum absolute atomic E-state index is 12.0. The van der Waals surface area contributed by atoms with Gasteiger partial charge in [0.05, 0.1) is 5.75 Å². The Hall–Kier alpha value is -1.12. The lowest BCUT2D eigenvalue weighted by Gasteiger charge is -2.31. The van der Waals surface area contributed by atoms with Crippen LogP contribution in [0.5, 0.6) is 0 Å². The molecule has 1 saturated heterocycles. The minimum absolute atomic E-state index is 0.0145. The summed E-state index contributed by atoms with van der Waals surface area (Å²) in [5, 5.41) is 12.1. The maximum atomic E-state index is 12.0. The summed E-state index contributed by atoms with van der Waals surface area (Å²) in [6.45, 7) is 1.79. The first-order valence-electron chi connectivity index (χ1n) is 6.98. The number of carbonyl (C=O) groups is 1. The first kappa shape index (κ1) is 16.3. The first-order chi connectivity index (χ1) is 9.94. The molecule has 8 heteroatoms. The van der Waals surface area contributed by atoms with Crippen molar-refractivity contribution in [3.05, 3.63) is 22.4 Å². The Morgan fingerprint density at radius 1 is 1.43 bits per heavy atom. The lowest BCUT2D eigenvalue weighted by Crippen LogP contribution is -2.45. The van der Waals surface area contributed by atoms with Gasteiger partial charge >= 0.3 is 6.03 Å². The maximum Gasteiger partial charge on any atom is 0.317 e. The second-order valence-electron chi connectivity index (χ2n) is 5.37. The molecule has 0 unspecified atom stereocenters. The van der Waals surface area contributed by atoms with Crippen molar-refractivity contribution in [3.8, 4) is 0 Å². The number of piperidine rings is 1. The largest absolute Gasteiger partial charge is 0.338 e. The van der Waals surface area contributed by atoms with Gasteiger partial charge in [0.1, 0.15) is 0 Å². The van der Waals surface area contributed by atoms with Crippen LogP contribution in [0.3, 0.4) is 0 Å². The first-order valence-corrected chi connectivity index (χ1v) is 9.64. The summed E-state index contributed by atoms with van der Waals surface area (Å²) in [4.78, 5) is 13.7. The molecule has 1 aliphatic rings. The standard InChI is InChI=1S/C13H21N3O3S2/c14-21(18,19)10-12-2-6-16(7-3-12)13(17)15-5-1-11-4-8-20-9-11/h4,8-9,12H,1-3,5-7,10H2,(H,15,17)(H2,14,18,19). The van der Waals surface area contributed by atoms with Gasteiger partial charge in [-0.2, -0.15) is 11.3 Å². The molecule has 0 atom stereocenters. The van der Waals surface area contributed by atoms with E-state index >= 15 is 0 Å². The van der Waals surface area contributed by atoms with Gasteiger partial charge in [-0.1, -0.05) is 0 Å². The molecule has 0 saturated carbocycles. The topological polar surface area (TPSA) is 92.5 Å². The van der Waals surface area contributed by atoms with Crippen molar-refractivity contribution in [3.63, 3.8) is 0 Å². The SMILES string of the molecule is NS(=O)(=O)CC1CCN(C(=O)NCCc2ccsc2)CC1. The molecule has 1 aromatic rings. The van der Waals surface area contributed by atoms with Crippen molar-refractivity contribution in [2.45, 2.75) is 19.3 Å². The van der Waals surface area contributed by atoms with Crippen molar-refractivity contribution in [1.29, 1.82) is 0 Å². The van der Waals surface area contributed by atoms with E-state index in [9.17, 15) is 13.2 Å². The molecule has 1 fully saturated rings. The number of nitrogens with one attached hydrogen (secondary N) is 1. The molecule has 0 aliphatic carbocycles. The van der Waals surface area contributed by atoms with Crippen LogP contribution in [0.1, 0.15) is 18.4 Å². The highest BCUT2D eigenvalue weighted by atomic mass is 32.2. The molecule has 1 aromatic heterocycles. The Kier molecular flexibility index (Phi) is 5.60. The number of nitrogens with zero attached hydrogens (tertiary/aromatic N) is 1. The molecule has 2 rings (SSSR count). The predicted molar refractivity (Wildman–Crippen MR) is 83.7 cm³/mol. The Balaban J connectivity index is 1.68. The number of primary sulfonamides is 1. The van der Waals surface area contributed by atoms with E-state index in [0.29, 0.717) is 32.5 Å². The zero-order valence-corrected chi connectivity index (χ0v) is 13.5. The van der Waals surface area contributed by atoms with Crippen LogP contribution in [0.2, 0.25) is 0 Å². The van der Waals surface area contributed by atoms with Gasteiger partial charge in [-0.15, -0.1) is 0 Å². The van der Waals surface area contributed by atoms with Gasteiger partial charge in [-0.25, -0.2) is 18.4 Å². The summed E-state index contributed by atoms with van der Waals surface area (Å²) in [5.41, 5.74) is 1.23. The summed E-state index contributed by atoms with van der Waals surface area (Å²) in [6, 6.07) is 1.98. The fourth-order valence-corrected chi connectivity index (χ4v) is 4.19. The fourth-order valence-electron chi connectivity index (χ4n) is 2.49. The molecule has 0 bridgehead atoms. The number of hydrogen-bond donors (Lipinski definition) is 2. The Labute approximate surface area is 129 Å². The zero-order valence-electron chi connectivity index (χ0n) is 11.8. The Morgan fingerprint density at radius 2 is 2.14 bits per heavy atom. The van der Waals surface area contributed by atoms with Crippen LogP contribution in [0.25, 0.3) is 0 Å². The number of amides is 2. The highest BCUT2D eigenvalue weighted by Gasteiger charge is 2.25. The van der Waals surface area contributed by atoms with Gasteiger partial charge < -0.3 is 10.2 Å². The van der Waals surface area contributed by atoms with E-state index in [2.05, 4.69) is 16.8 Å². The fraction of sp³-hybridized carbons (Fsp3) is 0.615. The predicted octanol–water partition coefficient (Wildman–Crippen LogP) is 1.00. The molecule has 0 spiro atoms. The zero-order chi connectivity index (χ0) is 15.3. The van der Waals surface area contributed by atoms with E-state index < -0.39 is 10.0 Å². The number of rotatable bonds is 5. The minimum atomic E-state index is -3.42. The summed E-state index contributed by atoms with van der Waals surface area (Å²) >= 11 is 1.65. The molecular weight excluding hydrogens is 310 g/mol. The molecule has 21 heavy (non-hydrogen) atoms. The van der Waals surface area contributed by atoms with Crippen LogP contribution >= 0.6 is 11.3 Å². The number of urea groups is 1. The third-order valence-corrected chi connectivity index (χ3v) is 5.31. The van der Waals surface area contributed by atoms with Gasteiger partial charge in [0.15, 0.2) is 0 Å². The second-order valence-corrected chi connectivity index (χ2v) is 7.81. The number of nitrogens with two attached hydrogens (primary N) is 1. The van der Waals surface area contributed by atoms with Crippen LogP contribution in [-0.2, 0) is 16.4 Å². The normalized spacial score (nSPS) is 16.9. The molecule has 2 amide bonds. The van der Waals surface area contributed by atoms with Crippen LogP contribution in [0, 0.1) is 5.92 Å². The molecule has 0 aromatic carbocycles. The van der Waals surface area contributed by atoms with Crippen molar-refractivity contribution in [2.24, 2.45) is 11.1 Å². The number of hydrogen-bond acceptors (Lipinski definition) is 4. The number of likely N-dealkylation sites (tertiary alicyclic amines) is 1. The van der Waals surface area contributed by atoms with E-state index in [1.165, 1.54) is 5.56 Å². The van der Waals surface area contributed by atoms with Crippen LogP contribution < -0.4 is 10.5 Å². The van der Waals surface area contributed by atoms with E-state index in [1.54, 1.807) is 16.2 Å². The summed E-state index contributed by atoms with van der Waals surface area (Å²) in [6.07, 6.45) is 2.21. The van der Waals surface area contributed by atoms with Crippen molar-refractivity contribution >= 4 is 27.4 Å². The number of sulfonamides is 1. The smallest absolute Gasteiger partial charge is 0.317 e. The van der Waals surface area contributed by atoms with E-state index in [1.807, 2.05) is 5.38 Å². The molecule has 0 radical (unpaired) electrons. The van der Waals surface area contributed by atoms with E-state index in [-0.39, 0.29) is 17.7 Å². The van der Waals surface area contributed by atoms with Crippen LogP contribution in [0.4, 0.5) is 4.79 Å². The van der Waals surface area contributed by atoms with Crippen molar-refractivity contribution in [1.82, 2.24) is 10.2 Å². The van der Waals surface area contributed by atoms with E-state index in [4.69, 9.17) is 5.14 Å². The van der Waals surface area contributed by atoms with Gasteiger partial charge in [-0.3, -0.25) is 0 Å². The van der Waals surface area contributed by atoms with Crippen molar-refractivity contribution in [2.75, 3.05) is 25.4 Å². The molecule has 1 aliphatic heterocycles. The summed E-state index contributed by atoms with van der Waals surface area (Å²) < 4.78 is 22.1. The quantitative estimate of drug-likeness (QED) is 0.843. The molecule has 6 nitrogen and oxygen atoms in total. The highest BCUT2D eigenvalue weighted by Crippen LogP contribution is 2.18. The Bertz CT molecular complexity index is 549. The summed E-state index contributed by atoms with van der Waals surface area (Å²) in [5.74, 6) is 0.0792. The lowest BCUT2D eigenvalue weighted by molar-refractivity contribution is 0.174. The Morgan fingerprint density at radius 3 is 2.71 bits per heavy atom. The lowest BCUT2D eigenvalue weighted by atomic mass is 9.99. The van der Waals surface area contributed by atoms with Crippen molar-refractivity contribution < 1.29 is 13.2 Å². The number of thiophene rings is 1. The van der Waals surface area contributed by atoms with Crippen LogP contribution in [0.15, 0.2) is 16.8 Å². The average Bonchev–Trinajstić information content (AvgIpc) is 2.91. The average molecular weight is 331 g/mol. The molecular formula is C13H21N3O3S2. The third kappa shape index (κ3) is 5.64. The number of carbonyl (C=O) groups excluding carboxylic acids is 1. The molecule has 3 N–H and O–H groups in total. The molecule has 118 valence electrons. The third-order valence-electron chi connectivity index (χ3n) is 3.64.